The summed E-state index contributed by atoms with van der Waals surface area (Å²) in [7, 11) is 0. The fourth-order valence-electron chi connectivity index (χ4n) is 0.574. The van der Waals surface area contributed by atoms with Gasteiger partial charge in [-0.1, -0.05) is 0 Å². The zero-order chi connectivity index (χ0) is 10.1. The molecule has 0 aromatic rings. The van der Waals surface area contributed by atoms with E-state index in [1.54, 1.807) is 0 Å². The molecule has 0 radical (unpaired) electrons. The Morgan fingerprint density at radius 2 is 1.92 bits per heavy atom. The average Bonchev–Trinajstić information content (AvgIpc) is 2.09. The third-order valence-electron chi connectivity index (χ3n) is 1.16. The second-order valence-electron chi connectivity index (χ2n) is 2.27. The number of esters is 1. The summed E-state index contributed by atoms with van der Waals surface area (Å²) in [4.78, 5) is 20.6. The molecular weight excluding hydrogens is 176 g/mol. The van der Waals surface area contributed by atoms with Crippen molar-refractivity contribution in [2.24, 2.45) is 0 Å². The Labute approximate surface area is 75.6 Å². The van der Waals surface area contributed by atoms with E-state index in [4.69, 9.17) is 10.2 Å². The van der Waals surface area contributed by atoms with Gasteiger partial charge in [0.1, 0.15) is 0 Å². The first-order chi connectivity index (χ1) is 6.16. The molecule has 2 N–H and O–H groups in total. The smallest absolute Gasteiger partial charge is 0.331 e. The normalized spacial score (nSPS) is 10.2. The van der Waals surface area contributed by atoms with Crippen molar-refractivity contribution in [1.29, 1.82) is 0 Å². The first-order valence-electron chi connectivity index (χ1n) is 3.85. The van der Waals surface area contributed by atoms with E-state index in [1.165, 1.54) is 0 Å². The highest BCUT2D eigenvalue weighted by Crippen LogP contribution is 1.90. The van der Waals surface area contributed by atoms with Crippen molar-refractivity contribution in [3.8, 4) is 0 Å². The van der Waals surface area contributed by atoms with Crippen molar-refractivity contribution in [2.45, 2.75) is 12.8 Å². The summed E-state index contributed by atoms with van der Waals surface area (Å²) in [6.45, 7) is 0.256. The second-order valence-corrected chi connectivity index (χ2v) is 2.27. The van der Waals surface area contributed by atoms with E-state index in [0.29, 0.717) is 18.9 Å². The lowest BCUT2D eigenvalue weighted by molar-refractivity contribution is -0.138. The number of carbonyl (C=O) groups excluding carboxylic acids is 1. The van der Waals surface area contributed by atoms with Crippen LogP contribution >= 0.6 is 0 Å². The second kappa shape index (κ2) is 7.30. The summed E-state index contributed by atoms with van der Waals surface area (Å²) in [5, 5.41) is 16.5. The number of hydrogen-bond acceptors (Lipinski definition) is 4. The molecule has 0 amide bonds. The fourth-order valence-corrected chi connectivity index (χ4v) is 0.574. The largest absolute Gasteiger partial charge is 0.478 e. The van der Waals surface area contributed by atoms with Crippen LogP contribution in [0.5, 0.6) is 0 Å². The molecule has 0 spiro atoms. The Morgan fingerprint density at radius 1 is 1.23 bits per heavy atom. The molecule has 74 valence electrons. The third-order valence-corrected chi connectivity index (χ3v) is 1.16. The number of hydrogen-bond donors (Lipinski definition) is 2. The van der Waals surface area contributed by atoms with E-state index in [1.807, 2.05) is 0 Å². The Kier molecular flexibility index (Phi) is 6.53. The van der Waals surface area contributed by atoms with E-state index >= 15 is 0 Å². The molecule has 0 fully saturated rings. The quantitative estimate of drug-likeness (QED) is 0.346. The lowest BCUT2D eigenvalue weighted by atomic mass is 10.3. The summed E-state index contributed by atoms with van der Waals surface area (Å²) < 4.78 is 4.59. The molecule has 0 unspecified atom stereocenters. The van der Waals surface area contributed by atoms with Crippen LogP contribution in [0.4, 0.5) is 0 Å². The predicted molar refractivity (Wildman–Crippen MR) is 44.1 cm³/mol. The van der Waals surface area contributed by atoms with Gasteiger partial charge in [-0.3, -0.25) is 0 Å². The number of aliphatic hydroxyl groups is 1. The molecule has 13 heavy (non-hydrogen) atoms. The number of aliphatic hydroxyl groups excluding tert-OH is 1. The fraction of sp³-hybridized carbons (Fsp3) is 0.500. The van der Waals surface area contributed by atoms with Crippen molar-refractivity contribution in [2.75, 3.05) is 13.2 Å². The van der Waals surface area contributed by atoms with Gasteiger partial charge in [-0.15, -0.1) is 0 Å². The Hall–Kier alpha value is -1.36. The van der Waals surface area contributed by atoms with E-state index in [0.717, 1.165) is 6.08 Å². The molecule has 0 aliphatic heterocycles. The maximum atomic E-state index is 10.7. The molecule has 0 saturated heterocycles. The van der Waals surface area contributed by atoms with E-state index < -0.39 is 11.9 Å². The van der Waals surface area contributed by atoms with Gasteiger partial charge in [-0.2, -0.15) is 0 Å². The van der Waals surface area contributed by atoms with Gasteiger partial charge < -0.3 is 14.9 Å². The molecule has 0 bridgehead atoms. The van der Waals surface area contributed by atoms with Gasteiger partial charge in [0.2, 0.25) is 0 Å². The van der Waals surface area contributed by atoms with Crippen molar-refractivity contribution in [1.82, 2.24) is 0 Å². The van der Waals surface area contributed by atoms with Crippen LogP contribution in [0.2, 0.25) is 0 Å². The molecule has 0 saturated carbocycles. The highest BCUT2D eigenvalue weighted by molar-refractivity contribution is 5.90. The van der Waals surface area contributed by atoms with Crippen LogP contribution in [0.25, 0.3) is 0 Å². The van der Waals surface area contributed by atoms with Crippen molar-refractivity contribution in [3.05, 3.63) is 12.2 Å². The first-order valence-corrected chi connectivity index (χ1v) is 3.85. The summed E-state index contributed by atoms with van der Waals surface area (Å²) >= 11 is 0. The highest BCUT2D eigenvalue weighted by Gasteiger charge is 1.97. The van der Waals surface area contributed by atoms with Gasteiger partial charge in [0.05, 0.1) is 6.61 Å². The minimum atomic E-state index is -1.19. The number of carbonyl (C=O) groups is 2. The van der Waals surface area contributed by atoms with Crippen LogP contribution < -0.4 is 0 Å². The summed E-state index contributed by atoms with van der Waals surface area (Å²) in [6.07, 6.45) is 2.70. The zero-order valence-corrected chi connectivity index (χ0v) is 7.10. The Balaban J connectivity index is 3.46. The lowest BCUT2D eigenvalue weighted by Crippen LogP contribution is -2.03. The molecular formula is C8H12O5. The van der Waals surface area contributed by atoms with Crippen LogP contribution in [0.3, 0.4) is 0 Å². The van der Waals surface area contributed by atoms with Crippen LogP contribution in [0.1, 0.15) is 12.8 Å². The van der Waals surface area contributed by atoms with Gasteiger partial charge in [0.25, 0.3) is 0 Å². The lowest BCUT2D eigenvalue weighted by Gasteiger charge is -1.99. The van der Waals surface area contributed by atoms with E-state index in [-0.39, 0.29) is 13.2 Å². The number of carboxylic acids is 1. The maximum Gasteiger partial charge on any atom is 0.331 e. The Morgan fingerprint density at radius 3 is 2.46 bits per heavy atom. The SMILES string of the molecule is O=C(O)/C=C/C(=O)OCCCCO. The van der Waals surface area contributed by atoms with Gasteiger partial charge in [0.15, 0.2) is 0 Å². The molecule has 5 nitrogen and oxygen atoms in total. The van der Waals surface area contributed by atoms with Gasteiger partial charge >= 0.3 is 11.9 Å². The van der Waals surface area contributed by atoms with Gasteiger partial charge in [0, 0.05) is 18.8 Å². The maximum absolute atomic E-state index is 10.7. The molecule has 0 aliphatic carbocycles. The number of rotatable bonds is 6. The van der Waals surface area contributed by atoms with Gasteiger partial charge in [-0.25, -0.2) is 9.59 Å². The third kappa shape index (κ3) is 8.55. The average molecular weight is 188 g/mol. The van der Waals surface area contributed by atoms with E-state index in [9.17, 15) is 9.59 Å². The highest BCUT2D eigenvalue weighted by atomic mass is 16.5. The molecule has 0 aromatic heterocycles. The molecule has 0 aromatic carbocycles. The first kappa shape index (κ1) is 11.6. The number of carboxylic acid groups (broad SMARTS) is 1. The van der Waals surface area contributed by atoms with E-state index in [2.05, 4.69) is 4.74 Å². The molecule has 0 aliphatic rings. The minimum Gasteiger partial charge on any atom is -0.478 e. The molecule has 0 heterocycles. The van der Waals surface area contributed by atoms with Crippen LogP contribution in [-0.2, 0) is 14.3 Å². The molecule has 0 rings (SSSR count). The standard InChI is InChI=1S/C8H12O5/c9-5-1-2-6-13-8(12)4-3-7(10)11/h3-4,9H,1-2,5-6H2,(H,10,11)/b4-3+. The topological polar surface area (TPSA) is 83.8 Å². The molecule has 5 heteroatoms. The summed E-state index contributed by atoms with van der Waals surface area (Å²) in [6, 6.07) is 0. The molecule has 0 atom stereocenters. The zero-order valence-electron chi connectivity index (χ0n) is 7.10. The van der Waals surface area contributed by atoms with Crippen molar-refractivity contribution < 1.29 is 24.5 Å². The van der Waals surface area contributed by atoms with Gasteiger partial charge in [-0.05, 0) is 12.8 Å². The van der Waals surface area contributed by atoms with Crippen molar-refractivity contribution in [3.63, 3.8) is 0 Å². The van der Waals surface area contributed by atoms with Crippen molar-refractivity contribution >= 4 is 11.9 Å². The summed E-state index contributed by atoms with van der Waals surface area (Å²) in [5.41, 5.74) is 0. The monoisotopic (exact) mass is 188 g/mol. The number of unbranched alkanes of at least 4 members (excludes halogenated alkanes) is 1. The van der Waals surface area contributed by atoms with Crippen LogP contribution in [-0.4, -0.2) is 35.4 Å². The van der Waals surface area contributed by atoms with Crippen LogP contribution in [0, 0.1) is 0 Å². The Bertz CT molecular complexity index is 197. The number of ether oxygens (including phenoxy) is 1. The van der Waals surface area contributed by atoms with Crippen LogP contribution in [0.15, 0.2) is 12.2 Å². The number of aliphatic carboxylic acids is 1. The summed E-state index contributed by atoms with van der Waals surface area (Å²) in [5.74, 6) is -1.87. The minimum absolute atomic E-state index is 0.0581. The predicted octanol–water partition coefficient (Wildman–Crippen LogP) is -0.0571.